The van der Waals surface area contributed by atoms with Crippen LogP contribution in [0.2, 0.25) is 0 Å². The molecular weight excluding hydrogens is 425 g/mol. The van der Waals surface area contributed by atoms with Gasteiger partial charge in [0.15, 0.2) is 5.69 Å². The van der Waals surface area contributed by atoms with Gasteiger partial charge in [-0.25, -0.2) is 4.98 Å². The van der Waals surface area contributed by atoms with Crippen molar-refractivity contribution in [2.45, 2.75) is 32.5 Å². The zero-order valence-corrected chi connectivity index (χ0v) is 18.4. The summed E-state index contributed by atoms with van der Waals surface area (Å²) in [7, 11) is 4.36. The van der Waals surface area contributed by atoms with Gasteiger partial charge in [-0.1, -0.05) is 0 Å². The topological polar surface area (TPSA) is 78.1 Å². The lowest BCUT2D eigenvalue weighted by Crippen LogP contribution is -2.39. The highest BCUT2D eigenvalue weighted by Gasteiger charge is 2.41. The molecule has 3 aromatic rings. The van der Waals surface area contributed by atoms with E-state index in [4.69, 9.17) is 4.74 Å². The van der Waals surface area contributed by atoms with Crippen LogP contribution in [0.5, 0.6) is 5.88 Å². The molecule has 8 nitrogen and oxygen atoms in total. The summed E-state index contributed by atoms with van der Waals surface area (Å²) in [6.45, 7) is 3.94. The molecule has 170 valence electrons. The van der Waals surface area contributed by atoms with Gasteiger partial charge in [0.05, 0.1) is 36.3 Å². The average molecular weight is 448 g/mol. The molecule has 0 N–H and O–H groups in total. The Morgan fingerprint density at radius 3 is 2.62 bits per heavy atom. The second-order valence-electron chi connectivity index (χ2n) is 7.78. The minimum Gasteiger partial charge on any atom is -0.481 e. The third kappa shape index (κ3) is 3.32. The highest BCUT2D eigenvalue weighted by Crippen LogP contribution is 2.41. The van der Waals surface area contributed by atoms with Crippen LogP contribution in [0.4, 0.5) is 13.2 Å². The first kappa shape index (κ1) is 21.8. The number of fused-ring (bicyclic) bond motifs is 1. The highest BCUT2D eigenvalue weighted by atomic mass is 19.4. The van der Waals surface area contributed by atoms with Gasteiger partial charge in [0, 0.05) is 43.5 Å². The molecule has 0 fully saturated rings. The van der Waals surface area contributed by atoms with E-state index in [2.05, 4.69) is 15.2 Å². The Hall–Kier alpha value is -3.37. The highest BCUT2D eigenvalue weighted by molar-refractivity contribution is 5.96. The van der Waals surface area contributed by atoms with Gasteiger partial charge in [-0.05, 0) is 26.3 Å². The van der Waals surface area contributed by atoms with Crippen molar-refractivity contribution in [3.63, 3.8) is 0 Å². The number of ether oxygens (including phenoxy) is 1. The molecule has 3 aromatic heterocycles. The third-order valence-electron chi connectivity index (χ3n) is 5.95. The third-order valence-corrected chi connectivity index (χ3v) is 5.95. The molecule has 0 aromatic carbocycles. The van der Waals surface area contributed by atoms with Crippen molar-refractivity contribution in [2.24, 2.45) is 14.1 Å². The second-order valence-corrected chi connectivity index (χ2v) is 7.78. The minimum absolute atomic E-state index is 0.0158. The zero-order valence-electron chi connectivity index (χ0n) is 18.4. The van der Waals surface area contributed by atoms with Crippen LogP contribution in [0.25, 0.3) is 11.3 Å². The van der Waals surface area contributed by atoms with E-state index in [1.165, 1.54) is 31.2 Å². The molecule has 0 spiro atoms. The van der Waals surface area contributed by atoms with Crippen LogP contribution in [0.1, 0.15) is 45.8 Å². The smallest absolute Gasteiger partial charge is 0.433 e. The van der Waals surface area contributed by atoms with E-state index in [1.54, 1.807) is 24.9 Å². The Kier molecular flexibility index (Phi) is 5.22. The van der Waals surface area contributed by atoms with Gasteiger partial charge in [0.25, 0.3) is 5.91 Å². The molecule has 1 aliphatic heterocycles. The molecule has 0 bridgehead atoms. The summed E-state index contributed by atoms with van der Waals surface area (Å²) in [5, 5.41) is 8.33. The van der Waals surface area contributed by atoms with Crippen molar-refractivity contribution in [2.75, 3.05) is 13.7 Å². The van der Waals surface area contributed by atoms with Crippen LogP contribution < -0.4 is 4.74 Å². The number of halogens is 3. The molecule has 1 amide bonds. The maximum Gasteiger partial charge on any atom is 0.433 e. The van der Waals surface area contributed by atoms with Crippen molar-refractivity contribution < 1.29 is 22.7 Å². The number of carbonyl (C=O) groups is 1. The number of pyridine rings is 1. The number of amides is 1. The molecular formula is C21H23F3N6O2. The molecule has 4 rings (SSSR count). The van der Waals surface area contributed by atoms with Gasteiger partial charge >= 0.3 is 6.18 Å². The Morgan fingerprint density at radius 1 is 1.25 bits per heavy atom. The van der Waals surface area contributed by atoms with Crippen LogP contribution in [0, 0.1) is 6.92 Å². The van der Waals surface area contributed by atoms with E-state index < -0.39 is 17.9 Å². The largest absolute Gasteiger partial charge is 0.481 e. The van der Waals surface area contributed by atoms with Crippen molar-refractivity contribution in [1.29, 1.82) is 0 Å². The summed E-state index contributed by atoms with van der Waals surface area (Å²) >= 11 is 0. The summed E-state index contributed by atoms with van der Waals surface area (Å²) in [6.07, 6.45) is -1.45. The first-order valence-electron chi connectivity index (χ1n) is 10.0. The van der Waals surface area contributed by atoms with E-state index >= 15 is 0 Å². The fourth-order valence-electron chi connectivity index (χ4n) is 4.41. The summed E-state index contributed by atoms with van der Waals surface area (Å²) in [4.78, 5) is 19.1. The van der Waals surface area contributed by atoms with Crippen molar-refractivity contribution in [3.8, 4) is 17.1 Å². The number of hydrogen-bond donors (Lipinski definition) is 0. The molecule has 0 saturated heterocycles. The molecule has 1 atom stereocenters. The Bertz CT molecular complexity index is 1200. The number of aryl methyl sites for hydroxylation is 2. The molecule has 1 unspecified atom stereocenters. The quantitative estimate of drug-likeness (QED) is 0.614. The van der Waals surface area contributed by atoms with Crippen LogP contribution in [0.15, 0.2) is 18.5 Å². The number of alkyl halides is 3. The van der Waals surface area contributed by atoms with E-state index in [-0.39, 0.29) is 11.5 Å². The maximum absolute atomic E-state index is 13.7. The van der Waals surface area contributed by atoms with E-state index in [0.29, 0.717) is 46.9 Å². The fourth-order valence-corrected chi connectivity index (χ4v) is 4.41. The van der Waals surface area contributed by atoms with Crippen LogP contribution >= 0.6 is 0 Å². The molecule has 1 aliphatic rings. The van der Waals surface area contributed by atoms with Gasteiger partial charge in [-0.3, -0.25) is 14.2 Å². The van der Waals surface area contributed by atoms with Crippen LogP contribution in [-0.2, 0) is 26.7 Å². The monoisotopic (exact) mass is 448 g/mol. The zero-order chi connectivity index (χ0) is 23.4. The Balaban J connectivity index is 1.74. The summed E-state index contributed by atoms with van der Waals surface area (Å²) in [6, 6.07) is 1.22. The predicted octanol–water partition coefficient (Wildman–Crippen LogP) is 3.31. The summed E-state index contributed by atoms with van der Waals surface area (Å²) in [5.41, 5.74) is 1.91. The lowest BCUT2D eigenvalue weighted by atomic mass is 9.94. The molecule has 32 heavy (non-hydrogen) atoms. The molecule has 11 heteroatoms. The first-order valence-corrected chi connectivity index (χ1v) is 10.0. The van der Waals surface area contributed by atoms with Gasteiger partial charge in [-0.15, -0.1) is 0 Å². The number of methoxy groups -OCH3 is 1. The number of rotatable bonds is 3. The van der Waals surface area contributed by atoms with Gasteiger partial charge in [0.2, 0.25) is 5.88 Å². The number of carbonyl (C=O) groups excluding carboxylic acids is 1. The van der Waals surface area contributed by atoms with Crippen LogP contribution in [0.3, 0.4) is 0 Å². The lowest BCUT2D eigenvalue weighted by molar-refractivity contribution is -0.143. The van der Waals surface area contributed by atoms with Crippen molar-refractivity contribution in [1.82, 2.24) is 29.4 Å². The normalized spacial score (nSPS) is 16.2. The van der Waals surface area contributed by atoms with E-state index in [0.717, 1.165) is 4.68 Å². The first-order chi connectivity index (χ1) is 15.1. The number of aromatic nitrogens is 5. The summed E-state index contributed by atoms with van der Waals surface area (Å²) < 4.78 is 48.5. The molecule has 0 aliphatic carbocycles. The van der Waals surface area contributed by atoms with Crippen LogP contribution in [-0.4, -0.2) is 49.0 Å². The number of nitrogens with zero attached hydrogens (tertiary/aromatic N) is 6. The van der Waals surface area contributed by atoms with Crippen molar-refractivity contribution in [3.05, 3.63) is 46.5 Å². The lowest BCUT2D eigenvalue weighted by Gasteiger charge is -2.33. The van der Waals surface area contributed by atoms with E-state index in [1.807, 2.05) is 6.92 Å². The van der Waals surface area contributed by atoms with Gasteiger partial charge < -0.3 is 9.64 Å². The average Bonchev–Trinajstić information content (AvgIpc) is 3.27. The maximum atomic E-state index is 13.7. The predicted molar refractivity (Wildman–Crippen MR) is 109 cm³/mol. The minimum atomic E-state index is -4.56. The van der Waals surface area contributed by atoms with Crippen molar-refractivity contribution >= 4 is 5.91 Å². The Labute approximate surface area is 182 Å². The number of hydrogen-bond acceptors (Lipinski definition) is 5. The second kappa shape index (κ2) is 7.64. The molecule has 4 heterocycles. The SMILES string of the molecule is COc1nccc(C(=O)N2CCc3c(nn(C)c3-c3cnn(C)c3C(F)(F)F)C2C)c1C. The van der Waals surface area contributed by atoms with E-state index in [9.17, 15) is 18.0 Å². The fraction of sp³-hybridized carbons (Fsp3) is 0.429. The van der Waals surface area contributed by atoms with Gasteiger partial charge in [-0.2, -0.15) is 23.4 Å². The molecule has 0 saturated carbocycles. The Morgan fingerprint density at radius 2 is 1.97 bits per heavy atom. The molecule has 0 radical (unpaired) electrons. The summed E-state index contributed by atoms with van der Waals surface area (Å²) in [5.74, 6) is 0.170. The van der Waals surface area contributed by atoms with Gasteiger partial charge in [0.1, 0.15) is 0 Å². The standard InChI is InChI=1S/C21H23F3N6O2/c1-11-13(6-8-25-19(11)32-5)20(31)30-9-7-14-16(12(30)2)27-28(3)17(14)15-10-26-29(4)18(15)21(22,23)24/h6,8,10,12H,7,9H2,1-5H3.